The van der Waals surface area contributed by atoms with Crippen LogP contribution in [0.2, 0.25) is 0 Å². The van der Waals surface area contributed by atoms with Crippen LogP contribution in [0.1, 0.15) is 16.8 Å². The van der Waals surface area contributed by atoms with Crippen LogP contribution in [0.5, 0.6) is 0 Å². The van der Waals surface area contributed by atoms with Crippen LogP contribution in [-0.2, 0) is 6.54 Å². The molecule has 1 aromatic carbocycles. The second kappa shape index (κ2) is 8.45. The maximum atomic E-state index is 4.93. The van der Waals surface area contributed by atoms with Gasteiger partial charge < -0.3 is 14.7 Å². The van der Waals surface area contributed by atoms with Crippen LogP contribution in [0.15, 0.2) is 30.3 Å². The monoisotopic (exact) mass is 380 g/mol. The number of aryl methyl sites for hydroxylation is 2. The Morgan fingerprint density at radius 3 is 2.25 bits per heavy atom. The smallest absolute Gasteiger partial charge is 0.227 e. The number of benzene rings is 1. The molecule has 6 nitrogen and oxygen atoms in total. The van der Waals surface area contributed by atoms with Gasteiger partial charge in [-0.25, -0.2) is 4.98 Å². The average molecular weight is 381 g/mol. The molecule has 0 spiro atoms. The molecule has 6 heteroatoms. The van der Waals surface area contributed by atoms with Crippen molar-refractivity contribution in [2.24, 2.45) is 0 Å². The van der Waals surface area contributed by atoms with Crippen molar-refractivity contribution in [2.75, 3.05) is 69.2 Å². The van der Waals surface area contributed by atoms with E-state index >= 15 is 0 Å². The Bertz CT molecular complexity index is 791. The van der Waals surface area contributed by atoms with Crippen LogP contribution in [0.25, 0.3) is 0 Å². The molecule has 2 aliphatic heterocycles. The minimum absolute atomic E-state index is 0.893. The molecule has 0 saturated carbocycles. The number of piperazine rings is 2. The molecule has 0 N–H and O–H groups in total. The standard InChI is InChI=1S/C22H32N6/c1-18-5-4-6-20(15-18)17-26-9-13-28(14-10-26)22-23-19(2)16-21(24-22)27-11-7-25(3)8-12-27/h4-6,15-16H,7-14,17H2,1-3H3. The number of rotatable bonds is 4. The van der Waals surface area contributed by atoms with E-state index in [0.717, 1.165) is 76.4 Å². The van der Waals surface area contributed by atoms with Crippen LogP contribution in [0.4, 0.5) is 11.8 Å². The van der Waals surface area contributed by atoms with Gasteiger partial charge in [0, 0.05) is 70.7 Å². The lowest BCUT2D eigenvalue weighted by atomic mass is 10.1. The summed E-state index contributed by atoms with van der Waals surface area (Å²) in [6.07, 6.45) is 0. The van der Waals surface area contributed by atoms with E-state index in [2.05, 4.69) is 70.8 Å². The normalized spacial score (nSPS) is 19.2. The van der Waals surface area contributed by atoms with Gasteiger partial charge in [-0.3, -0.25) is 4.90 Å². The third-order valence-corrected chi connectivity index (χ3v) is 5.80. The summed E-state index contributed by atoms with van der Waals surface area (Å²) in [4.78, 5) is 19.3. The van der Waals surface area contributed by atoms with Crippen molar-refractivity contribution in [2.45, 2.75) is 20.4 Å². The van der Waals surface area contributed by atoms with E-state index in [4.69, 9.17) is 9.97 Å². The summed E-state index contributed by atoms with van der Waals surface area (Å²) in [5, 5.41) is 0. The number of hydrogen-bond acceptors (Lipinski definition) is 6. The van der Waals surface area contributed by atoms with Gasteiger partial charge in [-0.05, 0) is 26.5 Å². The molecule has 4 rings (SSSR count). The van der Waals surface area contributed by atoms with Crippen molar-refractivity contribution in [3.63, 3.8) is 0 Å². The molecule has 0 atom stereocenters. The van der Waals surface area contributed by atoms with E-state index in [1.807, 2.05) is 0 Å². The van der Waals surface area contributed by atoms with Gasteiger partial charge in [0.2, 0.25) is 5.95 Å². The molecule has 28 heavy (non-hydrogen) atoms. The van der Waals surface area contributed by atoms with Crippen LogP contribution >= 0.6 is 0 Å². The highest BCUT2D eigenvalue weighted by molar-refractivity contribution is 5.46. The molecular weight excluding hydrogens is 348 g/mol. The molecule has 2 fully saturated rings. The van der Waals surface area contributed by atoms with Crippen molar-refractivity contribution in [3.8, 4) is 0 Å². The summed E-state index contributed by atoms with van der Waals surface area (Å²) in [5.41, 5.74) is 3.79. The first-order valence-electron chi connectivity index (χ1n) is 10.4. The predicted octanol–water partition coefficient (Wildman–Crippen LogP) is 2.17. The topological polar surface area (TPSA) is 38.7 Å². The summed E-state index contributed by atoms with van der Waals surface area (Å²) < 4.78 is 0. The third kappa shape index (κ3) is 4.62. The minimum atomic E-state index is 0.893. The summed E-state index contributed by atoms with van der Waals surface area (Å²) in [6, 6.07) is 11.0. The Morgan fingerprint density at radius 2 is 1.54 bits per heavy atom. The van der Waals surface area contributed by atoms with E-state index < -0.39 is 0 Å². The summed E-state index contributed by atoms with van der Waals surface area (Å²) in [6.45, 7) is 13.6. The lowest BCUT2D eigenvalue weighted by molar-refractivity contribution is 0.248. The van der Waals surface area contributed by atoms with Gasteiger partial charge in [-0.15, -0.1) is 0 Å². The Balaban J connectivity index is 1.39. The average Bonchev–Trinajstić information content (AvgIpc) is 2.69. The first kappa shape index (κ1) is 19.2. The fourth-order valence-corrected chi connectivity index (χ4v) is 4.05. The zero-order valence-corrected chi connectivity index (χ0v) is 17.4. The van der Waals surface area contributed by atoms with Gasteiger partial charge >= 0.3 is 0 Å². The Morgan fingerprint density at radius 1 is 0.821 bits per heavy atom. The zero-order valence-electron chi connectivity index (χ0n) is 17.4. The van der Waals surface area contributed by atoms with Crippen molar-refractivity contribution in [3.05, 3.63) is 47.2 Å². The molecule has 3 heterocycles. The lowest BCUT2D eigenvalue weighted by Gasteiger charge is -2.36. The maximum Gasteiger partial charge on any atom is 0.227 e. The van der Waals surface area contributed by atoms with Crippen LogP contribution in [0.3, 0.4) is 0 Å². The summed E-state index contributed by atoms with van der Waals surface area (Å²) in [5.74, 6) is 1.97. The molecule has 0 amide bonds. The van der Waals surface area contributed by atoms with Crippen molar-refractivity contribution < 1.29 is 0 Å². The fourth-order valence-electron chi connectivity index (χ4n) is 4.05. The highest BCUT2D eigenvalue weighted by Crippen LogP contribution is 2.20. The highest BCUT2D eigenvalue weighted by atomic mass is 15.3. The number of likely N-dealkylation sites (N-methyl/N-ethyl adjacent to an activating group) is 1. The van der Waals surface area contributed by atoms with Crippen molar-refractivity contribution in [1.29, 1.82) is 0 Å². The molecular formula is C22H32N6. The van der Waals surface area contributed by atoms with E-state index in [1.165, 1.54) is 11.1 Å². The number of hydrogen-bond donors (Lipinski definition) is 0. The molecule has 0 aliphatic carbocycles. The molecule has 150 valence electrons. The number of aromatic nitrogens is 2. The Kier molecular flexibility index (Phi) is 5.78. The molecule has 2 aliphatic rings. The fraction of sp³-hybridized carbons (Fsp3) is 0.545. The molecule has 0 radical (unpaired) electrons. The zero-order chi connectivity index (χ0) is 19.5. The molecule has 2 aromatic rings. The number of anilines is 2. The third-order valence-electron chi connectivity index (χ3n) is 5.80. The highest BCUT2D eigenvalue weighted by Gasteiger charge is 2.22. The molecule has 0 unspecified atom stereocenters. The first-order chi connectivity index (χ1) is 13.6. The van der Waals surface area contributed by atoms with Gasteiger partial charge in [-0.1, -0.05) is 29.8 Å². The lowest BCUT2D eigenvalue weighted by Crippen LogP contribution is -2.47. The van der Waals surface area contributed by atoms with Crippen LogP contribution in [-0.4, -0.2) is 79.2 Å². The second-order valence-electron chi connectivity index (χ2n) is 8.21. The Labute approximate surface area is 168 Å². The van der Waals surface area contributed by atoms with Crippen LogP contribution in [0, 0.1) is 13.8 Å². The van der Waals surface area contributed by atoms with Gasteiger partial charge in [0.05, 0.1) is 0 Å². The molecule has 0 bridgehead atoms. The minimum Gasteiger partial charge on any atom is -0.354 e. The number of nitrogens with zero attached hydrogens (tertiary/aromatic N) is 6. The Hall–Kier alpha value is -2.18. The summed E-state index contributed by atoms with van der Waals surface area (Å²) >= 11 is 0. The molecule has 2 saturated heterocycles. The first-order valence-corrected chi connectivity index (χ1v) is 10.4. The van der Waals surface area contributed by atoms with E-state index in [1.54, 1.807) is 0 Å². The maximum absolute atomic E-state index is 4.93. The van der Waals surface area contributed by atoms with Crippen LogP contribution < -0.4 is 9.80 Å². The van der Waals surface area contributed by atoms with E-state index in [0.29, 0.717) is 0 Å². The molecule has 1 aromatic heterocycles. The van der Waals surface area contributed by atoms with Gasteiger partial charge in [-0.2, -0.15) is 4.98 Å². The predicted molar refractivity (Wildman–Crippen MR) is 115 cm³/mol. The van der Waals surface area contributed by atoms with Gasteiger partial charge in [0.25, 0.3) is 0 Å². The van der Waals surface area contributed by atoms with E-state index in [9.17, 15) is 0 Å². The SMILES string of the molecule is Cc1cccc(CN2CCN(c3nc(C)cc(N4CCN(C)CC4)n3)CC2)c1. The van der Waals surface area contributed by atoms with E-state index in [-0.39, 0.29) is 0 Å². The van der Waals surface area contributed by atoms with Crippen molar-refractivity contribution in [1.82, 2.24) is 19.8 Å². The largest absolute Gasteiger partial charge is 0.354 e. The quantitative estimate of drug-likeness (QED) is 0.809. The summed E-state index contributed by atoms with van der Waals surface area (Å²) in [7, 11) is 2.18. The second-order valence-corrected chi connectivity index (χ2v) is 8.21. The van der Waals surface area contributed by atoms with Gasteiger partial charge in [0.1, 0.15) is 5.82 Å². The van der Waals surface area contributed by atoms with Gasteiger partial charge in [0.15, 0.2) is 0 Å². The van der Waals surface area contributed by atoms with Crippen molar-refractivity contribution >= 4 is 11.8 Å².